The molecule has 0 bridgehead atoms. The molecule has 0 radical (unpaired) electrons. The molecule has 0 atom stereocenters. The minimum Gasteiger partial charge on any atom is -0.325 e. The molecule has 1 saturated carbocycles. The zero-order valence-corrected chi connectivity index (χ0v) is 16.9. The summed E-state index contributed by atoms with van der Waals surface area (Å²) in [5, 5.41) is 12.3. The SMILES string of the molecule is CCC(=O)N(c1nnc(SCC(=O)Nc2cc(Cl)ccc2C)s1)C1CC1. The normalized spacial score (nSPS) is 13.5. The van der Waals surface area contributed by atoms with Gasteiger partial charge in [-0.2, -0.15) is 0 Å². The summed E-state index contributed by atoms with van der Waals surface area (Å²) in [6.07, 6.45) is 2.46. The summed E-state index contributed by atoms with van der Waals surface area (Å²) < 4.78 is 0.674. The Labute approximate surface area is 165 Å². The Morgan fingerprint density at radius 3 is 2.85 bits per heavy atom. The number of thioether (sulfide) groups is 1. The van der Waals surface area contributed by atoms with Crippen LogP contribution in [0.3, 0.4) is 0 Å². The van der Waals surface area contributed by atoms with Crippen LogP contribution < -0.4 is 10.2 Å². The highest BCUT2D eigenvalue weighted by atomic mass is 35.5. The predicted octanol–water partition coefficient (Wildman–Crippen LogP) is 4.14. The van der Waals surface area contributed by atoms with Crippen molar-refractivity contribution in [3.05, 3.63) is 28.8 Å². The number of rotatable bonds is 7. The molecule has 138 valence electrons. The average Bonchev–Trinajstić information content (AvgIpc) is 3.34. The van der Waals surface area contributed by atoms with E-state index in [0.717, 1.165) is 18.4 Å². The number of aryl methyl sites for hydroxylation is 1. The number of halogens is 1. The highest BCUT2D eigenvalue weighted by molar-refractivity contribution is 8.01. The summed E-state index contributed by atoms with van der Waals surface area (Å²) in [6.45, 7) is 3.75. The number of hydrogen-bond donors (Lipinski definition) is 1. The van der Waals surface area contributed by atoms with Crippen molar-refractivity contribution < 1.29 is 9.59 Å². The number of aromatic nitrogens is 2. The molecule has 26 heavy (non-hydrogen) atoms. The van der Waals surface area contributed by atoms with Crippen LogP contribution in [0.2, 0.25) is 5.02 Å². The smallest absolute Gasteiger partial charge is 0.234 e. The number of amides is 2. The number of benzene rings is 1. The lowest BCUT2D eigenvalue weighted by molar-refractivity contribution is -0.118. The molecule has 0 saturated heterocycles. The van der Waals surface area contributed by atoms with Gasteiger partial charge in [-0.3, -0.25) is 14.5 Å². The summed E-state index contributed by atoms with van der Waals surface area (Å²) >= 11 is 8.63. The Kier molecular flexibility index (Phi) is 6.16. The second-order valence-electron chi connectivity index (χ2n) is 6.00. The zero-order valence-electron chi connectivity index (χ0n) is 14.5. The molecule has 9 heteroatoms. The first-order chi connectivity index (χ1) is 12.5. The molecule has 1 aromatic carbocycles. The van der Waals surface area contributed by atoms with E-state index in [-0.39, 0.29) is 23.6 Å². The van der Waals surface area contributed by atoms with Crippen LogP contribution in [0, 0.1) is 6.92 Å². The van der Waals surface area contributed by atoms with Gasteiger partial charge in [0, 0.05) is 23.2 Å². The van der Waals surface area contributed by atoms with Crippen molar-refractivity contribution in [2.24, 2.45) is 0 Å². The molecule has 3 rings (SSSR count). The summed E-state index contributed by atoms with van der Waals surface area (Å²) in [7, 11) is 0. The van der Waals surface area contributed by atoms with Gasteiger partial charge in [0.05, 0.1) is 5.75 Å². The van der Waals surface area contributed by atoms with Gasteiger partial charge < -0.3 is 5.32 Å². The van der Waals surface area contributed by atoms with Crippen molar-refractivity contribution in [2.75, 3.05) is 16.0 Å². The molecule has 1 aliphatic carbocycles. The van der Waals surface area contributed by atoms with Gasteiger partial charge in [-0.05, 0) is 37.5 Å². The second kappa shape index (κ2) is 8.37. The third kappa shape index (κ3) is 4.75. The number of carbonyl (C=O) groups is 2. The number of carbonyl (C=O) groups excluding carboxylic acids is 2. The Morgan fingerprint density at radius 2 is 2.15 bits per heavy atom. The van der Waals surface area contributed by atoms with E-state index in [1.165, 1.54) is 23.1 Å². The number of nitrogens with zero attached hydrogens (tertiary/aromatic N) is 3. The highest BCUT2D eigenvalue weighted by Gasteiger charge is 2.35. The second-order valence-corrected chi connectivity index (χ2v) is 8.61. The quantitative estimate of drug-likeness (QED) is 0.548. The van der Waals surface area contributed by atoms with E-state index >= 15 is 0 Å². The van der Waals surface area contributed by atoms with Crippen LogP contribution in [0.25, 0.3) is 0 Å². The van der Waals surface area contributed by atoms with Crippen LogP contribution in [0.4, 0.5) is 10.8 Å². The van der Waals surface area contributed by atoms with Crippen molar-refractivity contribution >= 4 is 57.3 Å². The standard InChI is InChI=1S/C17H19ClN4O2S2/c1-3-15(24)22(12-6-7-12)16-20-21-17(26-16)25-9-14(23)19-13-8-11(18)5-4-10(13)2/h4-5,8,12H,3,6-7,9H2,1-2H3,(H,19,23). The van der Waals surface area contributed by atoms with Crippen LogP contribution in [-0.4, -0.2) is 33.8 Å². The lowest BCUT2D eigenvalue weighted by Crippen LogP contribution is -2.32. The predicted molar refractivity (Wildman–Crippen MR) is 106 cm³/mol. The molecular weight excluding hydrogens is 392 g/mol. The molecule has 6 nitrogen and oxygen atoms in total. The number of anilines is 2. The Bertz CT molecular complexity index is 823. The fraction of sp³-hybridized carbons (Fsp3) is 0.412. The van der Waals surface area contributed by atoms with Gasteiger partial charge in [-0.25, -0.2) is 0 Å². The summed E-state index contributed by atoms with van der Waals surface area (Å²) in [4.78, 5) is 26.0. The molecule has 1 heterocycles. The summed E-state index contributed by atoms with van der Waals surface area (Å²) in [6, 6.07) is 5.63. The van der Waals surface area contributed by atoms with Gasteiger partial charge in [-0.15, -0.1) is 10.2 Å². The molecule has 1 fully saturated rings. The van der Waals surface area contributed by atoms with Crippen molar-refractivity contribution in [1.29, 1.82) is 0 Å². The molecule has 1 N–H and O–H groups in total. The number of nitrogens with one attached hydrogen (secondary N) is 1. The minimum atomic E-state index is -0.138. The largest absolute Gasteiger partial charge is 0.325 e. The van der Waals surface area contributed by atoms with E-state index in [9.17, 15) is 9.59 Å². The minimum absolute atomic E-state index is 0.0642. The lowest BCUT2D eigenvalue weighted by atomic mass is 10.2. The van der Waals surface area contributed by atoms with Crippen LogP contribution in [0.15, 0.2) is 22.5 Å². The first kappa shape index (κ1) is 19.1. The maximum Gasteiger partial charge on any atom is 0.234 e. The van der Waals surface area contributed by atoms with E-state index in [4.69, 9.17) is 11.6 Å². The van der Waals surface area contributed by atoms with E-state index in [1.807, 2.05) is 19.9 Å². The first-order valence-electron chi connectivity index (χ1n) is 8.32. The van der Waals surface area contributed by atoms with E-state index in [2.05, 4.69) is 15.5 Å². The van der Waals surface area contributed by atoms with Crippen molar-refractivity contribution in [3.63, 3.8) is 0 Å². The Morgan fingerprint density at radius 1 is 1.38 bits per heavy atom. The van der Waals surface area contributed by atoms with Crippen molar-refractivity contribution in [3.8, 4) is 0 Å². The summed E-state index contributed by atoms with van der Waals surface area (Å²) in [5.41, 5.74) is 1.65. The van der Waals surface area contributed by atoms with Crippen LogP contribution in [0.1, 0.15) is 31.7 Å². The molecule has 1 aromatic heterocycles. The third-order valence-electron chi connectivity index (χ3n) is 3.89. The molecule has 2 amide bonds. The Balaban J connectivity index is 1.58. The molecule has 2 aromatic rings. The van der Waals surface area contributed by atoms with E-state index < -0.39 is 0 Å². The van der Waals surface area contributed by atoms with Crippen LogP contribution >= 0.6 is 34.7 Å². The molecule has 1 aliphatic rings. The van der Waals surface area contributed by atoms with Crippen molar-refractivity contribution in [2.45, 2.75) is 43.5 Å². The van der Waals surface area contributed by atoms with E-state index in [0.29, 0.717) is 26.6 Å². The lowest BCUT2D eigenvalue weighted by Gasteiger charge is -2.17. The highest BCUT2D eigenvalue weighted by Crippen LogP contribution is 2.36. The average molecular weight is 411 g/mol. The Hall–Kier alpha value is -1.64. The molecule has 0 unspecified atom stereocenters. The van der Waals surface area contributed by atoms with Gasteiger partial charge in [0.15, 0.2) is 4.34 Å². The van der Waals surface area contributed by atoms with Gasteiger partial charge >= 0.3 is 0 Å². The summed E-state index contributed by atoms with van der Waals surface area (Å²) in [5.74, 6) is 0.140. The fourth-order valence-electron chi connectivity index (χ4n) is 2.37. The maximum absolute atomic E-state index is 12.2. The van der Waals surface area contributed by atoms with Crippen LogP contribution in [-0.2, 0) is 9.59 Å². The van der Waals surface area contributed by atoms with Gasteiger partial charge in [0.2, 0.25) is 16.9 Å². The fourth-order valence-corrected chi connectivity index (χ4v) is 4.27. The zero-order chi connectivity index (χ0) is 18.7. The van der Waals surface area contributed by atoms with E-state index in [1.54, 1.807) is 17.0 Å². The van der Waals surface area contributed by atoms with Crippen molar-refractivity contribution in [1.82, 2.24) is 10.2 Å². The van der Waals surface area contributed by atoms with Gasteiger partial charge in [0.1, 0.15) is 0 Å². The number of hydrogen-bond acceptors (Lipinski definition) is 6. The maximum atomic E-state index is 12.2. The monoisotopic (exact) mass is 410 g/mol. The van der Waals surface area contributed by atoms with Gasteiger partial charge in [0.25, 0.3) is 0 Å². The van der Waals surface area contributed by atoms with Crippen LogP contribution in [0.5, 0.6) is 0 Å². The molecular formula is C17H19ClN4O2S2. The molecule has 0 aliphatic heterocycles. The topological polar surface area (TPSA) is 75.2 Å². The van der Waals surface area contributed by atoms with Gasteiger partial charge in [-0.1, -0.05) is 47.7 Å². The third-order valence-corrected chi connectivity index (χ3v) is 6.18. The molecule has 0 spiro atoms. The first-order valence-corrected chi connectivity index (χ1v) is 10.5.